The van der Waals surface area contributed by atoms with Crippen LogP contribution < -0.4 is 26.6 Å². The van der Waals surface area contributed by atoms with Crippen molar-refractivity contribution >= 4 is 52.5 Å². The number of nitrogens with one attached hydrogen (secondary N) is 5. The third-order valence-electron chi connectivity index (χ3n) is 8.09. The normalized spacial score (nSPS) is 16.7. The van der Waals surface area contributed by atoms with E-state index in [0.717, 1.165) is 5.56 Å². The SMILES string of the molecule is CNC(=O)[C@H](Cc1ccccc1)NC(=O)[C@H](CC(C)C)NC(=O)C(CNC(=O)[C@H](CC(C)C)NC(=O)[C@@H]1CCCN1C(=O)OC(C)(C)C)SC(C)=O. The highest BCUT2D eigenvalue weighted by Gasteiger charge is 2.38. The molecule has 1 aromatic carbocycles. The Kier molecular flexibility index (Phi) is 17.6. The quantitative estimate of drug-likeness (QED) is 0.160. The van der Waals surface area contributed by atoms with Gasteiger partial charge in [0.05, 0.1) is 0 Å². The van der Waals surface area contributed by atoms with E-state index in [1.165, 1.54) is 18.9 Å². The highest BCUT2D eigenvalue weighted by atomic mass is 32.2. The van der Waals surface area contributed by atoms with Crippen molar-refractivity contribution in [1.29, 1.82) is 0 Å². The zero-order chi connectivity index (χ0) is 39.2. The minimum absolute atomic E-state index is 0.00286. The molecule has 2 rings (SSSR count). The van der Waals surface area contributed by atoms with Crippen LogP contribution in [-0.2, 0) is 39.9 Å². The van der Waals surface area contributed by atoms with Gasteiger partial charge in [0, 0.05) is 33.5 Å². The molecule has 1 heterocycles. The van der Waals surface area contributed by atoms with Gasteiger partial charge < -0.3 is 31.3 Å². The Balaban J connectivity index is 2.18. The third-order valence-corrected chi connectivity index (χ3v) is 9.09. The van der Waals surface area contributed by atoms with Crippen LogP contribution in [0.15, 0.2) is 30.3 Å². The zero-order valence-corrected chi connectivity index (χ0v) is 32.8. The second-order valence-corrected chi connectivity index (χ2v) is 16.3. The lowest BCUT2D eigenvalue weighted by atomic mass is 10.0. The summed E-state index contributed by atoms with van der Waals surface area (Å²) in [6.45, 7) is 14.2. The van der Waals surface area contributed by atoms with Gasteiger partial charge in [-0.15, -0.1) is 0 Å². The van der Waals surface area contributed by atoms with Crippen molar-refractivity contribution < 1.29 is 38.3 Å². The largest absolute Gasteiger partial charge is 0.444 e. The van der Waals surface area contributed by atoms with Crippen LogP contribution in [0.4, 0.5) is 4.79 Å². The Hall–Kier alpha value is -4.14. The van der Waals surface area contributed by atoms with Crippen LogP contribution >= 0.6 is 11.8 Å². The summed E-state index contributed by atoms with van der Waals surface area (Å²) in [5.74, 6) is -2.67. The van der Waals surface area contributed by atoms with E-state index in [1.807, 2.05) is 58.0 Å². The molecule has 0 aliphatic carbocycles. The topological polar surface area (TPSA) is 192 Å². The van der Waals surface area contributed by atoms with Crippen LogP contribution in [0.3, 0.4) is 0 Å². The molecule has 0 spiro atoms. The van der Waals surface area contributed by atoms with Crippen molar-refractivity contribution in [3.63, 3.8) is 0 Å². The van der Waals surface area contributed by atoms with Crippen LogP contribution in [0.25, 0.3) is 0 Å². The van der Waals surface area contributed by atoms with E-state index >= 15 is 0 Å². The number of likely N-dealkylation sites (tertiary alicyclic amines) is 1. The van der Waals surface area contributed by atoms with Gasteiger partial charge in [0.25, 0.3) is 0 Å². The second kappa shape index (κ2) is 20.8. The van der Waals surface area contributed by atoms with Gasteiger partial charge in [-0.1, -0.05) is 69.8 Å². The molecular weight excluding hydrogens is 689 g/mol. The monoisotopic (exact) mass is 746 g/mol. The molecule has 0 bridgehead atoms. The molecule has 1 aromatic rings. The zero-order valence-electron chi connectivity index (χ0n) is 32.0. The van der Waals surface area contributed by atoms with Crippen LogP contribution in [0.1, 0.15) is 86.6 Å². The number of carbonyl (C=O) groups excluding carboxylic acids is 7. The van der Waals surface area contributed by atoms with Crippen molar-refractivity contribution in [3.8, 4) is 0 Å². The minimum Gasteiger partial charge on any atom is -0.444 e. The van der Waals surface area contributed by atoms with Gasteiger partial charge in [-0.2, -0.15) is 0 Å². The van der Waals surface area contributed by atoms with E-state index in [4.69, 9.17) is 4.74 Å². The highest BCUT2D eigenvalue weighted by molar-refractivity contribution is 8.14. The number of thioether (sulfide) groups is 1. The van der Waals surface area contributed by atoms with Crippen molar-refractivity contribution in [3.05, 3.63) is 35.9 Å². The van der Waals surface area contributed by atoms with Crippen LogP contribution in [0.2, 0.25) is 0 Å². The lowest BCUT2D eigenvalue weighted by Crippen LogP contribution is -2.57. The third kappa shape index (κ3) is 15.2. The molecule has 5 atom stereocenters. The number of hydrogen-bond acceptors (Lipinski definition) is 9. The molecule has 1 aliphatic heterocycles. The van der Waals surface area contributed by atoms with E-state index in [0.29, 0.717) is 31.1 Å². The molecule has 5 N–H and O–H groups in total. The second-order valence-electron chi connectivity index (χ2n) is 14.9. The van der Waals surface area contributed by atoms with Gasteiger partial charge in [-0.05, 0) is 63.9 Å². The van der Waals surface area contributed by atoms with Crippen molar-refractivity contribution in [2.75, 3.05) is 20.1 Å². The van der Waals surface area contributed by atoms with Gasteiger partial charge in [0.15, 0.2) is 5.12 Å². The number of rotatable bonds is 17. The maximum Gasteiger partial charge on any atom is 0.410 e. The molecule has 15 heteroatoms. The summed E-state index contributed by atoms with van der Waals surface area (Å²) in [6.07, 6.45) is 1.18. The Bertz CT molecular complexity index is 1400. The lowest BCUT2D eigenvalue weighted by Gasteiger charge is -2.29. The Labute approximate surface area is 312 Å². The van der Waals surface area contributed by atoms with Gasteiger partial charge in [0.2, 0.25) is 29.5 Å². The summed E-state index contributed by atoms with van der Waals surface area (Å²) in [5, 5.41) is 12.1. The molecule has 0 saturated carbocycles. The van der Waals surface area contributed by atoms with Crippen LogP contribution in [0.5, 0.6) is 0 Å². The van der Waals surface area contributed by atoms with E-state index in [2.05, 4.69) is 26.6 Å². The number of benzene rings is 1. The van der Waals surface area contributed by atoms with Gasteiger partial charge in [-0.25, -0.2) is 4.79 Å². The van der Waals surface area contributed by atoms with E-state index < -0.39 is 70.6 Å². The summed E-state index contributed by atoms with van der Waals surface area (Å²) in [7, 11) is 1.47. The molecule has 1 saturated heterocycles. The highest BCUT2D eigenvalue weighted by Crippen LogP contribution is 2.22. The fraction of sp³-hybridized carbons (Fsp3) is 0.649. The fourth-order valence-corrected chi connectivity index (χ4v) is 6.47. The fourth-order valence-electron chi connectivity index (χ4n) is 5.73. The molecule has 6 amide bonds. The van der Waals surface area contributed by atoms with Gasteiger partial charge >= 0.3 is 6.09 Å². The summed E-state index contributed by atoms with van der Waals surface area (Å²) < 4.78 is 5.48. The number of hydrogen-bond donors (Lipinski definition) is 5. The summed E-state index contributed by atoms with van der Waals surface area (Å²) in [6, 6.07) is 5.49. The first-order valence-corrected chi connectivity index (χ1v) is 18.8. The Morgan fingerprint density at radius 2 is 1.40 bits per heavy atom. The van der Waals surface area contributed by atoms with Gasteiger partial charge in [0.1, 0.15) is 35.0 Å². The molecule has 290 valence electrons. The maximum absolute atomic E-state index is 13.6. The molecule has 52 heavy (non-hydrogen) atoms. The summed E-state index contributed by atoms with van der Waals surface area (Å²) >= 11 is 0.707. The first kappa shape index (κ1) is 44.0. The van der Waals surface area contributed by atoms with Crippen molar-refractivity contribution in [2.45, 2.75) is 123 Å². The van der Waals surface area contributed by atoms with Gasteiger partial charge in [-0.3, -0.25) is 33.7 Å². The first-order valence-electron chi connectivity index (χ1n) is 17.9. The van der Waals surface area contributed by atoms with E-state index in [9.17, 15) is 33.6 Å². The number of amides is 6. The lowest BCUT2D eigenvalue weighted by molar-refractivity contribution is -0.132. The Morgan fingerprint density at radius 3 is 1.94 bits per heavy atom. The maximum atomic E-state index is 13.6. The average Bonchev–Trinajstić information content (AvgIpc) is 3.55. The minimum atomic E-state index is -1.10. The number of carbonyl (C=O) groups is 7. The van der Waals surface area contributed by atoms with E-state index in [1.54, 1.807) is 20.8 Å². The average molecular weight is 747 g/mol. The Morgan fingerprint density at radius 1 is 0.827 bits per heavy atom. The van der Waals surface area contributed by atoms with Crippen LogP contribution in [-0.4, -0.2) is 101 Å². The molecule has 1 fully saturated rings. The number of ether oxygens (including phenoxy) is 1. The summed E-state index contributed by atoms with van der Waals surface area (Å²) in [5.41, 5.74) is 0.0984. The smallest absolute Gasteiger partial charge is 0.410 e. The standard InChI is InChI=1S/C37H58N6O8S/c1-22(2)18-26(41-34(48)29-16-13-17-43(29)36(50)51-37(6,7)8)32(46)39-21-30(52-24(5)44)35(49)42-27(19-23(3)4)33(47)40-28(31(45)38-9)20-25-14-11-10-12-15-25/h10-12,14-15,22-23,26-30H,13,16-21H2,1-9H3,(H,38,45)(H,39,46)(H,40,47)(H,41,48)(H,42,49)/t26-,27-,28-,29-,30?/m0/s1. The predicted molar refractivity (Wildman–Crippen MR) is 200 cm³/mol. The van der Waals surface area contributed by atoms with Crippen LogP contribution in [0, 0.1) is 11.8 Å². The molecular formula is C37H58N6O8S. The molecule has 1 aliphatic rings. The predicted octanol–water partition coefficient (Wildman–Crippen LogP) is 2.69. The van der Waals surface area contributed by atoms with E-state index in [-0.39, 0.29) is 42.8 Å². The molecule has 0 radical (unpaired) electrons. The first-order chi connectivity index (χ1) is 24.3. The summed E-state index contributed by atoms with van der Waals surface area (Å²) in [4.78, 5) is 93.2. The molecule has 1 unspecified atom stereocenters. The van der Waals surface area contributed by atoms with Crippen molar-refractivity contribution in [1.82, 2.24) is 31.5 Å². The number of nitrogens with zero attached hydrogens (tertiary/aromatic N) is 1. The molecule has 14 nitrogen and oxygen atoms in total. The molecule has 0 aromatic heterocycles. The van der Waals surface area contributed by atoms with Crippen molar-refractivity contribution in [2.24, 2.45) is 11.8 Å². The number of likely N-dealkylation sites (N-methyl/N-ethyl adjacent to an activating group) is 1.